The molecule has 0 aromatic carbocycles. The number of carbonyl (C=O) groups is 1. The van der Waals surface area contributed by atoms with Gasteiger partial charge in [0.05, 0.1) is 6.54 Å². The second-order valence-corrected chi connectivity index (χ2v) is 4.86. The number of carbonyl (C=O) groups excluding carboxylic acids is 1. The third kappa shape index (κ3) is 4.19. The molecule has 0 saturated heterocycles. The molecule has 0 unspecified atom stereocenters. The molecule has 0 saturated carbocycles. The van der Waals surface area contributed by atoms with Crippen molar-refractivity contribution in [2.45, 2.75) is 13.8 Å². The first-order chi connectivity index (χ1) is 9.38. The van der Waals surface area contributed by atoms with Crippen LogP contribution in [0.15, 0.2) is 0 Å². The lowest BCUT2D eigenvalue weighted by atomic mass is 10.5. The van der Waals surface area contributed by atoms with E-state index in [4.69, 9.17) is 11.6 Å². The molecular weight excluding hydrogens is 280 g/mol. The molecule has 1 amide bonds. The zero-order chi connectivity index (χ0) is 15.3. The maximum absolute atomic E-state index is 11.7. The second kappa shape index (κ2) is 7.23. The van der Waals surface area contributed by atoms with Gasteiger partial charge in [0.1, 0.15) is 0 Å². The van der Waals surface area contributed by atoms with Crippen LogP contribution in [0.25, 0.3) is 0 Å². The van der Waals surface area contributed by atoms with E-state index in [9.17, 15) is 4.79 Å². The Morgan fingerprint density at radius 3 is 2.10 bits per heavy atom. The fraction of sp³-hybridized carbons (Fsp3) is 0.667. The summed E-state index contributed by atoms with van der Waals surface area (Å²) in [5.41, 5.74) is 0. The van der Waals surface area contributed by atoms with Crippen LogP contribution in [0.1, 0.15) is 13.8 Å². The number of amides is 1. The molecule has 0 atom stereocenters. The van der Waals surface area contributed by atoms with Crippen LogP contribution in [-0.2, 0) is 4.79 Å². The van der Waals surface area contributed by atoms with Gasteiger partial charge in [0, 0.05) is 34.2 Å². The predicted octanol–water partition coefficient (Wildman–Crippen LogP) is 0.896. The Bertz CT molecular complexity index is 463. The molecule has 1 aromatic heterocycles. The van der Waals surface area contributed by atoms with Gasteiger partial charge in [-0.15, -0.1) is 0 Å². The smallest absolute Gasteiger partial charge is 0.241 e. The summed E-state index contributed by atoms with van der Waals surface area (Å²) in [7, 11) is 5.16. The normalized spacial score (nSPS) is 10.3. The lowest BCUT2D eigenvalue weighted by molar-refractivity contribution is -0.127. The van der Waals surface area contributed by atoms with Gasteiger partial charge < -0.3 is 14.7 Å². The lowest BCUT2D eigenvalue weighted by Gasteiger charge is -2.22. The summed E-state index contributed by atoms with van der Waals surface area (Å²) in [5, 5.41) is 0.126. The van der Waals surface area contributed by atoms with Gasteiger partial charge in [-0.05, 0) is 25.4 Å². The number of nitrogens with zero attached hydrogens (tertiary/aromatic N) is 6. The van der Waals surface area contributed by atoms with E-state index in [-0.39, 0.29) is 17.7 Å². The van der Waals surface area contributed by atoms with Gasteiger partial charge in [-0.2, -0.15) is 15.0 Å². The summed E-state index contributed by atoms with van der Waals surface area (Å²) in [6.07, 6.45) is 0. The quantitative estimate of drug-likeness (QED) is 0.777. The molecule has 0 aliphatic rings. The summed E-state index contributed by atoms with van der Waals surface area (Å²) < 4.78 is 0. The zero-order valence-corrected chi connectivity index (χ0v) is 13.3. The highest BCUT2D eigenvalue weighted by molar-refractivity contribution is 6.28. The van der Waals surface area contributed by atoms with Crippen LogP contribution in [0.3, 0.4) is 0 Å². The Balaban J connectivity index is 2.97. The van der Waals surface area contributed by atoms with E-state index in [1.54, 1.807) is 26.0 Å². The van der Waals surface area contributed by atoms with Crippen LogP contribution in [0.5, 0.6) is 0 Å². The van der Waals surface area contributed by atoms with Crippen molar-refractivity contribution in [1.29, 1.82) is 0 Å². The maximum atomic E-state index is 11.7. The summed E-state index contributed by atoms with van der Waals surface area (Å²) in [4.78, 5) is 29.4. The molecule has 0 aliphatic heterocycles. The fourth-order valence-corrected chi connectivity index (χ4v) is 1.71. The van der Waals surface area contributed by atoms with Gasteiger partial charge in [-0.25, -0.2) is 0 Å². The van der Waals surface area contributed by atoms with E-state index in [1.165, 1.54) is 4.90 Å². The second-order valence-electron chi connectivity index (χ2n) is 4.52. The Morgan fingerprint density at radius 1 is 1.05 bits per heavy atom. The molecule has 20 heavy (non-hydrogen) atoms. The average molecular weight is 301 g/mol. The van der Waals surface area contributed by atoms with Gasteiger partial charge in [0.25, 0.3) is 0 Å². The van der Waals surface area contributed by atoms with Gasteiger partial charge in [0.15, 0.2) is 0 Å². The Labute approximate surface area is 124 Å². The van der Waals surface area contributed by atoms with Crippen LogP contribution in [0.4, 0.5) is 11.9 Å². The molecule has 0 radical (unpaired) electrons. The highest BCUT2D eigenvalue weighted by atomic mass is 35.5. The number of likely N-dealkylation sites (N-methyl/N-ethyl adjacent to an activating group) is 2. The molecule has 7 nitrogen and oxygen atoms in total. The molecule has 0 fully saturated rings. The first kappa shape index (κ1) is 16.4. The highest BCUT2D eigenvalue weighted by Gasteiger charge is 2.15. The maximum Gasteiger partial charge on any atom is 0.241 e. The van der Waals surface area contributed by atoms with Crippen molar-refractivity contribution in [1.82, 2.24) is 19.9 Å². The standard InChI is InChI=1S/C12H21ClN6O/c1-6-19(7-2)12-15-10(13)14-11(16-12)18(5)8-9(20)17(3)4/h6-8H2,1-5H3. The van der Waals surface area contributed by atoms with Crippen LogP contribution < -0.4 is 9.80 Å². The van der Waals surface area contributed by atoms with E-state index >= 15 is 0 Å². The number of hydrogen-bond acceptors (Lipinski definition) is 6. The molecule has 112 valence electrons. The van der Waals surface area contributed by atoms with Gasteiger partial charge >= 0.3 is 0 Å². The minimum Gasteiger partial charge on any atom is -0.347 e. The van der Waals surface area contributed by atoms with Crippen molar-refractivity contribution in [3.63, 3.8) is 0 Å². The van der Waals surface area contributed by atoms with E-state index in [2.05, 4.69) is 15.0 Å². The minimum atomic E-state index is -0.0339. The van der Waals surface area contributed by atoms with Crippen molar-refractivity contribution in [2.75, 3.05) is 50.6 Å². The van der Waals surface area contributed by atoms with Crippen molar-refractivity contribution < 1.29 is 4.79 Å². The minimum absolute atomic E-state index is 0.0339. The number of aromatic nitrogens is 3. The van der Waals surface area contributed by atoms with Gasteiger partial charge in [0.2, 0.25) is 23.1 Å². The topological polar surface area (TPSA) is 65.5 Å². The molecule has 0 spiro atoms. The zero-order valence-electron chi connectivity index (χ0n) is 12.6. The molecule has 0 aliphatic carbocycles. The van der Waals surface area contributed by atoms with Crippen molar-refractivity contribution >= 4 is 29.4 Å². The molecule has 1 aromatic rings. The lowest BCUT2D eigenvalue weighted by Crippen LogP contribution is -2.35. The highest BCUT2D eigenvalue weighted by Crippen LogP contribution is 2.15. The SMILES string of the molecule is CCN(CC)c1nc(Cl)nc(N(C)CC(=O)N(C)C)n1. The molecule has 1 rings (SSSR count). The van der Waals surface area contributed by atoms with Crippen LogP contribution in [0, 0.1) is 0 Å². The van der Waals surface area contributed by atoms with E-state index < -0.39 is 0 Å². The number of anilines is 2. The Kier molecular flexibility index (Phi) is 5.94. The van der Waals surface area contributed by atoms with Crippen molar-refractivity contribution in [3.05, 3.63) is 5.28 Å². The monoisotopic (exact) mass is 300 g/mol. The van der Waals surface area contributed by atoms with Crippen LogP contribution in [0.2, 0.25) is 5.28 Å². The fourth-order valence-electron chi connectivity index (χ4n) is 1.56. The summed E-state index contributed by atoms with van der Waals surface area (Å²) >= 11 is 5.94. The third-order valence-corrected chi connectivity index (χ3v) is 3.01. The first-order valence-electron chi connectivity index (χ1n) is 6.46. The van der Waals surface area contributed by atoms with E-state index in [0.717, 1.165) is 13.1 Å². The Morgan fingerprint density at radius 2 is 1.60 bits per heavy atom. The number of rotatable bonds is 6. The summed E-state index contributed by atoms with van der Waals surface area (Å²) in [6.45, 7) is 5.76. The van der Waals surface area contributed by atoms with Gasteiger partial charge in [-0.1, -0.05) is 0 Å². The van der Waals surface area contributed by atoms with E-state index in [1.807, 2.05) is 18.7 Å². The number of halogens is 1. The molecule has 1 heterocycles. The first-order valence-corrected chi connectivity index (χ1v) is 6.84. The molecule has 0 N–H and O–H groups in total. The molecule has 8 heteroatoms. The molecular formula is C12H21ClN6O. The summed E-state index contributed by atoms with van der Waals surface area (Å²) in [6, 6.07) is 0. The third-order valence-electron chi connectivity index (χ3n) is 2.84. The largest absolute Gasteiger partial charge is 0.347 e. The predicted molar refractivity (Wildman–Crippen MR) is 80.4 cm³/mol. The van der Waals surface area contributed by atoms with Crippen LogP contribution >= 0.6 is 11.6 Å². The van der Waals surface area contributed by atoms with Gasteiger partial charge in [-0.3, -0.25) is 4.79 Å². The number of hydrogen-bond donors (Lipinski definition) is 0. The van der Waals surface area contributed by atoms with Crippen molar-refractivity contribution in [3.8, 4) is 0 Å². The summed E-state index contributed by atoms with van der Waals surface area (Å²) in [5.74, 6) is 0.879. The Hall–Kier alpha value is -1.63. The van der Waals surface area contributed by atoms with Crippen LogP contribution in [-0.4, -0.2) is 66.5 Å². The van der Waals surface area contributed by atoms with Crippen molar-refractivity contribution in [2.24, 2.45) is 0 Å². The molecule has 0 bridgehead atoms. The average Bonchev–Trinajstić information content (AvgIpc) is 2.39. The van der Waals surface area contributed by atoms with E-state index in [0.29, 0.717) is 11.9 Å².